The minimum atomic E-state index is -0.483. The molecule has 1 aliphatic heterocycles. The lowest BCUT2D eigenvalue weighted by atomic mass is 9.99. The van der Waals surface area contributed by atoms with E-state index in [1.165, 1.54) is 18.9 Å². The summed E-state index contributed by atoms with van der Waals surface area (Å²) in [4.78, 5) is 25.5. The SMILES string of the molecule is COCCNc1ccc(C(=O)NCCCN2CCC(C)CC2)cc1[N+](=O)[O-]. The number of hydrogen-bond acceptors (Lipinski definition) is 6. The average molecular weight is 378 g/mol. The van der Waals surface area contributed by atoms with Gasteiger partial charge in [0.2, 0.25) is 0 Å². The fourth-order valence-electron chi connectivity index (χ4n) is 3.15. The first kappa shape index (κ1) is 21.1. The van der Waals surface area contributed by atoms with Crippen molar-refractivity contribution >= 4 is 17.3 Å². The Labute approximate surface area is 160 Å². The van der Waals surface area contributed by atoms with E-state index >= 15 is 0 Å². The highest BCUT2D eigenvalue weighted by atomic mass is 16.6. The number of nitrogens with one attached hydrogen (secondary N) is 2. The molecule has 0 unspecified atom stereocenters. The molecular weight excluding hydrogens is 348 g/mol. The van der Waals surface area contributed by atoms with Gasteiger partial charge in [-0.2, -0.15) is 0 Å². The van der Waals surface area contributed by atoms with Crippen LogP contribution < -0.4 is 10.6 Å². The predicted molar refractivity (Wildman–Crippen MR) is 105 cm³/mol. The Kier molecular flexibility index (Phi) is 8.47. The van der Waals surface area contributed by atoms with Crippen molar-refractivity contribution in [2.24, 2.45) is 5.92 Å². The fraction of sp³-hybridized carbons (Fsp3) is 0.632. The van der Waals surface area contributed by atoms with Crippen molar-refractivity contribution in [3.05, 3.63) is 33.9 Å². The van der Waals surface area contributed by atoms with Gasteiger partial charge in [0.25, 0.3) is 11.6 Å². The fourth-order valence-corrected chi connectivity index (χ4v) is 3.15. The van der Waals surface area contributed by atoms with E-state index in [1.54, 1.807) is 19.2 Å². The Hall–Kier alpha value is -2.19. The summed E-state index contributed by atoms with van der Waals surface area (Å²) in [5.74, 6) is 0.525. The molecule has 1 saturated heterocycles. The van der Waals surface area contributed by atoms with Crippen LogP contribution >= 0.6 is 0 Å². The summed E-state index contributed by atoms with van der Waals surface area (Å²) in [6.07, 6.45) is 3.35. The van der Waals surface area contributed by atoms with E-state index in [0.29, 0.717) is 30.9 Å². The molecule has 8 nitrogen and oxygen atoms in total. The maximum Gasteiger partial charge on any atom is 0.293 e. The second kappa shape index (κ2) is 10.8. The van der Waals surface area contributed by atoms with Gasteiger partial charge in [-0.15, -0.1) is 0 Å². The van der Waals surface area contributed by atoms with Crippen molar-refractivity contribution in [1.82, 2.24) is 10.2 Å². The average Bonchev–Trinajstić information content (AvgIpc) is 2.66. The number of nitrogens with zero attached hydrogens (tertiary/aromatic N) is 2. The van der Waals surface area contributed by atoms with Gasteiger partial charge < -0.3 is 20.3 Å². The van der Waals surface area contributed by atoms with Crippen molar-refractivity contribution in [2.75, 3.05) is 51.8 Å². The smallest absolute Gasteiger partial charge is 0.293 e. The van der Waals surface area contributed by atoms with E-state index in [0.717, 1.165) is 32.0 Å². The first-order valence-corrected chi connectivity index (χ1v) is 9.53. The van der Waals surface area contributed by atoms with E-state index in [-0.39, 0.29) is 11.6 Å². The van der Waals surface area contributed by atoms with E-state index in [9.17, 15) is 14.9 Å². The largest absolute Gasteiger partial charge is 0.383 e. The number of anilines is 1. The van der Waals surface area contributed by atoms with Crippen LogP contribution in [0.1, 0.15) is 36.5 Å². The monoisotopic (exact) mass is 378 g/mol. The number of ether oxygens (including phenoxy) is 1. The van der Waals surface area contributed by atoms with Gasteiger partial charge in [-0.1, -0.05) is 6.92 Å². The Morgan fingerprint density at radius 2 is 2.07 bits per heavy atom. The van der Waals surface area contributed by atoms with Crippen molar-refractivity contribution < 1.29 is 14.5 Å². The number of benzene rings is 1. The normalized spacial score (nSPS) is 15.5. The molecule has 0 radical (unpaired) electrons. The highest BCUT2D eigenvalue weighted by molar-refractivity contribution is 5.95. The Morgan fingerprint density at radius 1 is 1.33 bits per heavy atom. The van der Waals surface area contributed by atoms with Gasteiger partial charge in [0, 0.05) is 31.8 Å². The van der Waals surface area contributed by atoms with Gasteiger partial charge in [-0.05, 0) is 56.9 Å². The van der Waals surface area contributed by atoms with Crippen LogP contribution in [-0.2, 0) is 4.74 Å². The Morgan fingerprint density at radius 3 is 2.74 bits per heavy atom. The third-order valence-corrected chi connectivity index (χ3v) is 4.89. The summed E-state index contributed by atoms with van der Waals surface area (Å²) < 4.78 is 4.93. The summed E-state index contributed by atoms with van der Waals surface area (Å²) in [5, 5.41) is 17.1. The Bertz CT molecular complexity index is 630. The number of amides is 1. The van der Waals surface area contributed by atoms with Crippen LogP contribution in [0.5, 0.6) is 0 Å². The number of rotatable bonds is 10. The summed E-state index contributed by atoms with van der Waals surface area (Å²) in [6, 6.07) is 4.48. The van der Waals surface area contributed by atoms with Crippen LogP contribution in [-0.4, -0.2) is 62.2 Å². The van der Waals surface area contributed by atoms with E-state index in [4.69, 9.17) is 4.74 Å². The molecule has 1 aromatic carbocycles. The van der Waals surface area contributed by atoms with E-state index in [1.807, 2.05) is 0 Å². The molecule has 2 N–H and O–H groups in total. The van der Waals surface area contributed by atoms with E-state index < -0.39 is 4.92 Å². The lowest BCUT2D eigenvalue weighted by Crippen LogP contribution is -2.35. The minimum Gasteiger partial charge on any atom is -0.383 e. The number of nitro groups is 1. The standard InChI is InChI=1S/C19H30N4O4/c1-15-6-11-22(12-7-15)10-3-8-21-19(24)16-4-5-17(20-9-13-27-2)18(14-16)23(25)26/h4-5,14-15,20H,3,6-13H2,1-2H3,(H,21,24). The molecule has 0 aliphatic carbocycles. The van der Waals surface area contributed by atoms with Crippen LogP contribution in [0.25, 0.3) is 0 Å². The van der Waals surface area contributed by atoms with Crippen molar-refractivity contribution in [3.8, 4) is 0 Å². The molecule has 0 bridgehead atoms. The van der Waals surface area contributed by atoms with E-state index in [2.05, 4.69) is 22.5 Å². The third kappa shape index (κ3) is 6.80. The zero-order valence-corrected chi connectivity index (χ0v) is 16.2. The molecule has 150 valence electrons. The molecular formula is C19H30N4O4. The van der Waals surface area contributed by atoms with Crippen LogP contribution in [0.15, 0.2) is 18.2 Å². The molecule has 0 saturated carbocycles. The van der Waals surface area contributed by atoms with Gasteiger partial charge in [-0.25, -0.2) is 0 Å². The number of nitro benzene ring substituents is 1. The van der Waals surface area contributed by atoms with Crippen LogP contribution in [0.2, 0.25) is 0 Å². The highest BCUT2D eigenvalue weighted by Crippen LogP contribution is 2.25. The quantitative estimate of drug-likeness (QED) is 0.369. The first-order valence-electron chi connectivity index (χ1n) is 9.53. The maximum atomic E-state index is 12.3. The molecule has 8 heteroatoms. The molecule has 1 aromatic rings. The predicted octanol–water partition coefficient (Wildman–Crippen LogP) is 2.50. The van der Waals surface area contributed by atoms with Crippen molar-refractivity contribution in [3.63, 3.8) is 0 Å². The molecule has 27 heavy (non-hydrogen) atoms. The second-order valence-corrected chi connectivity index (χ2v) is 7.04. The number of likely N-dealkylation sites (tertiary alicyclic amines) is 1. The summed E-state index contributed by atoms with van der Waals surface area (Å²) >= 11 is 0. The molecule has 0 spiro atoms. The van der Waals surface area contributed by atoms with Crippen LogP contribution in [0, 0.1) is 16.0 Å². The number of methoxy groups -OCH3 is 1. The first-order chi connectivity index (χ1) is 13.0. The summed E-state index contributed by atoms with van der Waals surface area (Å²) in [5.41, 5.74) is 0.569. The lowest BCUT2D eigenvalue weighted by Gasteiger charge is -2.30. The molecule has 2 rings (SSSR count). The van der Waals surface area contributed by atoms with Gasteiger partial charge in [0.05, 0.1) is 11.5 Å². The van der Waals surface area contributed by atoms with Crippen molar-refractivity contribution in [1.29, 1.82) is 0 Å². The second-order valence-electron chi connectivity index (χ2n) is 7.04. The molecule has 0 aromatic heterocycles. The summed E-state index contributed by atoms with van der Waals surface area (Å²) in [6.45, 7) is 6.96. The molecule has 1 fully saturated rings. The lowest BCUT2D eigenvalue weighted by molar-refractivity contribution is -0.384. The third-order valence-electron chi connectivity index (χ3n) is 4.89. The highest BCUT2D eigenvalue weighted by Gasteiger charge is 2.18. The summed E-state index contributed by atoms with van der Waals surface area (Å²) in [7, 11) is 1.56. The number of carbonyl (C=O) groups is 1. The van der Waals surface area contributed by atoms with Gasteiger partial charge in [0.15, 0.2) is 0 Å². The number of carbonyl (C=O) groups excluding carboxylic acids is 1. The molecule has 1 amide bonds. The van der Waals surface area contributed by atoms with Crippen LogP contribution in [0.3, 0.4) is 0 Å². The molecule has 1 aliphatic rings. The van der Waals surface area contributed by atoms with Gasteiger partial charge in [-0.3, -0.25) is 14.9 Å². The number of piperidine rings is 1. The molecule has 0 atom stereocenters. The zero-order valence-electron chi connectivity index (χ0n) is 16.2. The van der Waals surface area contributed by atoms with Gasteiger partial charge in [0.1, 0.15) is 5.69 Å². The topological polar surface area (TPSA) is 96.7 Å². The van der Waals surface area contributed by atoms with Crippen molar-refractivity contribution in [2.45, 2.75) is 26.2 Å². The number of hydrogen-bond donors (Lipinski definition) is 2. The van der Waals surface area contributed by atoms with Gasteiger partial charge >= 0.3 is 0 Å². The zero-order chi connectivity index (χ0) is 19.6. The Balaban J connectivity index is 1.82. The molecule has 1 heterocycles. The maximum absolute atomic E-state index is 12.3. The minimum absolute atomic E-state index is 0.110. The van der Waals surface area contributed by atoms with Crippen LogP contribution in [0.4, 0.5) is 11.4 Å².